The molecule has 5 atom stereocenters. The van der Waals surface area contributed by atoms with Crippen LogP contribution in [0.5, 0.6) is 0 Å². The van der Waals surface area contributed by atoms with Crippen molar-refractivity contribution in [1.82, 2.24) is 30.2 Å². The van der Waals surface area contributed by atoms with Crippen LogP contribution < -0.4 is 10.6 Å². The largest absolute Gasteiger partial charge is 0.480 e. The maximum atomic E-state index is 12.7. The van der Waals surface area contributed by atoms with Gasteiger partial charge in [-0.2, -0.15) is 0 Å². The summed E-state index contributed by atoms with van der Waals surface area (Å²) in [5.74, 6) is -3.44. The number of carbonyl (C=O) groups excluding carboxylic acids is 1. The predicted molar refractivity (Wildman–Crippen MR) is 143 cm³/mol. The maximum Gasteiger partial charge on any atom is 0.317 e. The maximum absolute atomic E-state index is 12.7. The fourth-order valence-electron chi connectivity index (χ4n) is 4.68. The fraction of sp³-hybridized carbons (Fsp3) is 0.833. The van der Waals surface area contributed by atoms with Gasteiger partial charge < -0.3 is 51.1 Å². The van der Waals surface area contributed by atoms with Gasteiger partial charge in [0.1, 0.15) is 24.4 Å². The van der Waals surface area contributed by atoms with Gasteiger partial charge in [0.15, 0.2) is 6.29 Å². The number of nitrogens with zero attached hydrogens (tertiary/aromatic N) is 4. The highest BCUT2D eigenvalue weighted by atomic mass is 16.6. The number of hydrogen-bond acceptors (Lipinski definition) is 14. The van der Waals surface area contributed by atoms with E-state index in [-0.39, 0.29) is 91.0 Å². The molecule has 0 bridgehead atoms. The summed E-state index contributed by atoms with van der Waals surface area (Å²) >= 11 is 0. The van der Waals surface area contributed by atoms with Crippen molar-refractivity contribution in [3.8, 4) is 0 Å². The SMILES string of the molecule is O=C(O)CN1CCN(CC(=O)O)CCN(CC(=O)NCCNCC2O[C@@H](O)C(O)[C@@H](O)[C@@H]2O)CCN(CC(=O)O)CC1. The molecule has 2 aliphatic rings. The number of aliphatic hydroxyl groups is 4. The van der Waals surface area contributed by atoms with Gasteiger partial charge in [-0.1, -0.05) is 0 Å². The summed E-state index contributed by atoms with van der Waals surface area (Å²) < 4.78 is 5.08. The Morgan fingerprint density at radius 2 is 1.00 bits per heavy atom. The summed E-state index contributed by atoms with van der Waals surface area (Å²) in [6.45, 7) is 1.97. The van der Waals surface area contributed by atoms with Gasteiger partial charge in [-0.3, -0.25) is 38.8 Å². The lowest BCUT2D eigenvalue weighted by Crippen LogP contribution is -2.59. The zero-order valence-corrected chi connectivity index (χ0v) is 23.5. The monoisotopic (exact) mass is 608 g/mol. The van der Waals surface area contributed by atoms with Crippen LogP contribution in [-0.4, -0.2) is 208 Å². The molecule has 18 nitrogen and oxygen atoms in total. The van der Waals surface area contributed by atoms with E-state index in [1.165, 1.54) is 0 Å². The Labute approximate surface area is 243 Å². The number of ether oxygens (including phenoxy) is 1. The molecule has 2 fully saturated rings. The normalized spacial score (nSPS) is 28.0. The van der Waals surface area contributed by atoms with E-state index in [0.29, 0.717) is 13.1 Å². The highest BCUT2D eigenvalue weighted by molar-refractivity contribution is 5.78. The molecule has 2 rings (SSSR count). The number of aliphatic carboxylic acids is 3. The quantitative estimate of drug-likeness (QED) is 0.0882. The van der Waals surface area contributed by atoms with Crippen molar-refractivity contribution >= 4 is 23.8 Å². The lowest BCUT2D eigenvalue weighted by atomic mass is 9.99. The number of hydrogen-bond donors (Lipinski definition) is 9. The molecule has 2 saturated heterocycles. The number of carboxylic acid groups (broad SMARTS) is 3. The minimum absolute atomic E-state index is 0.0340. The first-order valence-corrected chi connectivity index (χ1v) is 13.8. The third kappa shape index (κ3) is 13.2. The van der Waals surface area contributed by atoms with Gasteiger partial charge >= 0.3 is 17.9 Å². The second kappa shape index (κ2) is 18.2. The van der Waals surface area contributed by atoms with Crippen LogP contribution in [0.1, 0.15) is 0 Å². The molecule has 9 N–H and O–H groups in total. The minimum Gasteiger partial charge on any atom is -0.480 e. The summed E-state index contributed by atoms with van der Waals surface area (Å²) in [6, 6.07) is 0. The van der Waals surface area contributed by atoms with Crippen LogP contribution in [0.25, 0.3) is 0 Å². The van der Waals surface area contributed by atoms with Crippen molar-refractivity contribution in [2.45, 2.75) is 30.7 Å². The number of nitrogens with one attached hydrogen (secondary N) is 2. The summed E-state index contributed by atoms with van der Waals surface area (Å²) in [7, 11) is 0. The van der Waals surface area contributed by atoms with Crippen LogP contribution in [0.15, 0.2) is 0 Å². The third-order valence-corrected chi connectivity index (χ3v) is 7.03. The molecule has 0 aromatic carbocycles. The second-order valence-corrected chi connectivity index (χ2v) is 10.4. The first kappa shape index (κ1) is 35.7. The molecule has 0 spiro atoms. The van der Waals surface area contributed by atoms with Gasteiger partial charge in [0, 0.05) is 72.0 Å². The van der Waals surface area contributed by atoms with E-state index in [2.05, 4.69) is 10.6 Å². The predicted octanol–water partition coefficient (Wildman–Crippen LogP) is -6.03. The van der Waals surface area contributed by atoms with Crippen molar-refractivity contribution in [2.75, 3.05) is 98.2 Å². The molecular weight excluding hydrogens is 564 g/mol. The van der Waals surface area contributed by atoms with Gasteiger partial charge in [-0.15, -0.1) is 0 Å². The molecule has 0 aliphatic carbocycles. The number of carboxylic acids is 3. The number of rotatable bonds is 13. The first-order valence-electron chi connectivity index (χ1n) is 13.8. The van der Waals surface area contributed by atoms with E-state index in [1.54, 1.807) is 19.6 Å². The van der Waals surface area contributed by atoms with Crippen LogP contribution >= 0.6 is 0 Å². The second-order valence-electron chi connectivity index (χ2n) is 10.4. The van der Waals surface area contributed by atoms with Gasteiger partial charge in [0.2, 0.25) is 5.91 Å². The van der Waals surface area contributed by atoms with Crippen molar-refractivity contribution in [3.63, 3.8) is 0 Å². The minimum atomic E-state index is -1.64. The Hall–Kier alpha value is -2.52. The average molecular weight is 609 g/mol. The molecule has 42 heavy (non-hydrogen) atoms. The number of aliphatic hydroxyl groups excluding tert-OH is 4. The van der Waals surface area contributed by atoms with Crippen LogP contribution in [0, 0.1) is 0 Å². The Morgan fingerprint density at radius 1 is 0.595 bits per heavy atom. The van der Waals surface area contributed by atoms with Gasteiger partial charge in [0.25, 0.3) is 0 Å². The van der Waals surface area contributed by atoms with Crippen molar-refractivity contribution < 1.29 is 59.7 Å². The van der Waals surface area contributed by atoms with Crippen molar-refractivity contribution in [1.29, 1.82) is 0 Å². The van der Waals surface area contributed by atoms with Gasteiger partial charge in [-0.05, 0) is 0 Å². The zero-order valence-electron chi connectivity index (χ0n) is 23.5. The average Bonchev–Trinajstić information content (AvgIpc) is 2.90. The van der Waals surface area contributed by atoms with E-state index >= 15 is 0 Å². The Morgan fingerprint density at radius 3 is 1.40 bits per heavy atom. The zero-order chi connectivity index (χ0) is 31.2. The van der Waals surface area contributed by atoms with E-state index < -0.39 is 48.6 Å². The summed E-state index contributed by atoms with van der Waals surface area (Å²) in [5.41, 5.74) is 0. The van der Waals surface area contributed by atoms with Crippen LogP contribution in [0.3, 0.4) is 0 Å². The first-order chi connectivity index (χ1) is 19.8. The molecule has 0 saturated carbocycles. The van der Waals surface area contributed by atoms with E-state index in [0.717, 1.165) is 0 Å². The smallest absolute Gasteiger partial charge is 0.317 e. The Bertz CT molecular complexity index is 853. The van der Waals surface area contributed by atoms with Crippen LogP contribution in [0.2, 0.25) is 0 Å². The third-order valence-electron chi connectivity index (χ3n) is 7.03. The Kier molecular flexibility index (Phi) is 15.5. The van der Waals surface area contributed by atoms with Gasteiger partial charge in [0.05, 0.1) is 26.2 Å². The van der Waals surface area contributed by atoms with E-state index in [9.17, 15) is 54.9 Å². The summed E-state index contributed by atoms with van der Waals surface area (Å²) in [4.78, 5) is 53.5. The van der Waals surface area contributed by atoms with Crippen molar-refractivity contribution in [3.05, 3.63) is 0 Å². The summed E-state index contributed by atoms with van der Waals surface area (Å²) in [5, 5.41) is 72.4. The van der Waals surface area contributed by atoms with E-state index in [4.69, 9.17) is 4.74 Å². The highest BCUT2D eigenvalue weighted by Crippen LogP contribution is 2.19. The molecule has 242 valence electrons. The number of carbonyl (C=O) groups is 4. The lowest BCUT2D eigenvalue weighted by Gasteiger charge is -2.38. The molecule has 0 radical (unpaired) electrons. The van der Waals surface area contributed by atoms with Crippen LogP contribution in [-0.2, 0) is 23.9 Å². The highest BCUT2D eigenvalue weighted by Gasteiger charge is 2.42. The van der Waals surface area contributed by atoms with Crippen molar-refractivity contribution in [2.24, 2.45) is 0 Å². The number of amides is 1. The fourth-order valence-corrected chi connectivity index (χ4v) is 4.68. The van der Waals surface area contributed by atoms with E-state index in [1.807, 2.05) is 0 Å². The standard InChI is InChI=1S/C24H44N6O12/c31-17(26-2-1-25-11-16-21(38)22(39)23(40)24(41)42-16)12-27-3-5-28(13-18(32)33)7-9-30(15-20(36)37)10-8-29(6-4-27)14-19(34)35/h16,21-25,38-41H,1-15H2,(H,26,31)(H,32,33)(H,34,35)(H,36,37)/t16?,21-,22+,23?,24-/m1/s1. The molecule has 2 unspecified atom stereocenters. The molecule has 1 amide bonds. The topological polar surface area (TPSA) is 256 Å². The molecule has 0 aromatic rings. The molecule has 18 heteroatoms. The summed E-state index contributed by atoms with van der Waals surface area (Å²) in [6.07, 6.45) is -7.23. The molecular formula is C24H44N6O12. The molecule has 2 aliphatic heterocycles. The van der Waals surface area contributed by atoms with Crippen LogP contribution in [0.4, 0.5) is 0 Å². The van der Waals surface area contributed by atoms with Gasteiger partial charge in [-0.25, -0.2) is 0 Å². The Balaban J connectivity index is 1.90. The molecule has 2 heterocycles. The lowest BCUT2D eigenvalue weighted by molar-refractivity contribution is -0.280. The molecule has 0 aromatic heterocycles.